The zero-order chi connectivity index (χ0) is 14.7. The Morgan fingerprint density at radius 1 is 1.24 bits per heavy atom. The summed E-state index contributed by atoms with van der Waals surface area (Å²) < 4.78 is 1.77. The van der Waals surface area contributed by atoms with Gasteiger partial charge in [0.1, 0.15) is 0 Å². The van der Waals surface area contributed by atoms with Gasteiger partial charge >= 0.3 is 0 Å². The Labute approximate surface area is 127 Å². The van der Waals surface area contributed by atoms with Crippen molar-refractivity contribution >= 4 is 17.2 Å². The van der Waals surface area contributed by atoms with Crippen molar-refractivity contribution in [1.29, 1.82) is 0 Å². The summed E-state index contributed by atoms with van der Waals surface area (Å²) >= 11 is 1.66. The minimum atomic E-state index is 0.0235. The van der Waals surface area contributed by atoms with E-state index in [4.69, 9.17) is 0 Å². The molecule has 3 rings (SSSR count). The minimum absolute atomic E-state index is 0.0235. The van der Waals surface area contributed by atoms with Crippen LogP contribution in [0.3, 0.4) is 0 Å². The van der Waals surface area contributed by atoms with Crippen LogP contribution in [-0.2, 0) is 6.54 Å². The van der Waals surface area contributed by atoms with Gasteiger partial charge in [-0.15, -0.1) is 11.3 Å². The van der Waals surface area contributed by atoms with E-state index in [1.807, 2.05) is 61.1 Å². The first-order chi connectivity index (χ1) is 10.2. The van der Waals surface area contributed by atoms with Crippen LogP contribution in [0.2, 0.25) is 0 Å². The van der Waals surface area contributed by atoms with Crippen LogP contribution in [0.4, 0.5) is 0 Å². The Balaban J connectivity index is 1.72. The summed E-state index contributed by atoms with van der Waals surface area (Å²) in [4.78, 5) is 15.3. The van der Waals surface area contributed by atoms with Crippen LogP contribution < -0.4 is 0 Å². The number of nitrogens with zero attached hydrogens (tertiary/aromatic N) is 3. The maximum atomic E-state index is 12.4. The number of rotatable bonds is 4. The van der Waals surface area contributed by atoms with E-state index < -0.39 is 0 Å². The molecule has 0 N–H and O–H groups in total. The fraction of sp³-hybridized carbons (Fsp3) is 0.125. The highest BCUT2D eigenvalue weighted by Gasteiger charge is 2.12. The summed E-state index contributed by atoms with van der Waals surface area (Å²) in [6, 6.07) is 13.4. The molecule has 0 aliphatic carbocycles. The number of carbonyl (C=O) groups excluding carboxylic acids is 1. The highest BCUT2D eigenvalue weighted by molar-refractivity contribution is 7.09. The van der Waals surface area contributed by atoms with Crippen LogP contribution in [0.5, 0.6) is 0 Å². The normalized spacial score (nSPS) is 10.5. The molecule has 4 nitrogen and oxygen atoms in total. The molecule has 0 saturated carbocycles. The molecule has 0 atom stereocenters. The quantitative estimate of drug-likeness (QED) is 0.741. The topological polar surface area (TPSA) is 38.1 Å². The Morgan fingerprint density at radius 2 is 2.05 bits per heavy atom. The lowest BCUT2D eigenvalue weighted by atomic mass is 10.2. The third-order valence-electron chi connectivity index (χ3n) is 3.20. The largest absolute Gasteiger partial charge is 0.337 e. The van der Waals surface area contributed by atoms with Crippen molar-refractivity contribution in [3.63, 3.8) is 0 Å². The molecule has 106 valence electrons. The van der Waals surface area contributed by atoms with Crippen LogP contribution in [0.1, 0.15) is 15.2 Å². The first-order valence-electron chi connectivity index (χ1n) is 6.62. The molecule has 0 aliphatic rings. The van der Waals surface area contributed by atoms with Gasteiger partial charge in [0.15, 0.2) is 0 Å². The predicted molar refractivity (Wildman–Crippen MR) is 83.7 cm³/mol. The Morgan fingerprint density at radius 3 is 2.67 bits per heavy atom. The van der Waals surface area contributed by atoms with Crippen molar-refractivity contribution in [3.8, 4) is 5.69 Å². The van der Waals surface area contributed by atoms with E-state index in [-0.39, 0.29) is 5.91 Å². The third-order valence-corrected chi connectivity index (χ3v) is 4.06. The number of hydrogen-bond acceptors (Lipinski definition) is 3. The van der Waals surface area contributed by atoms with E-state index in [1.165, 1.54) is 4.88 Å². The second kappa shape index (κ2) is 5.93. The maximum absolute atomic E-state index is 12.4. The molecule has 0 unspecified atom stereocenters. The van der Waals surface area contributed by atoms with Gasteiger partial charge in [-0.3, -0.25) is 4.79 Å². The molecule has 1 aromatic carbocycles. The number of carbonyl (C=O) groups is 1. The minimum Gasteiger partial charge on any atom is -0.337 e. The number of benzene rings is 1. The summed E-state index contributed by atoms with van der Waals surface area (Å²) in [7, 11) is 1.82. The van der Waals surface area contributed by atoms with E-state index in [0.29, 0.717) is 12.1 Å². The molecule has 0 aliphatic heterocycles. The van der Waals surface area contributed by atoms with Gasteiger partial charge in [-0.2, -0.15) is 5.10 Å². The third kappa shape index (κ3) is 3.03. The molecule has 5 heteroatoms. The van der Waals surface area contributed by atoms with Crippen LogP contribution in [0.25, 0.3) is 5.69 Å². The van der Waals surface area contributed by atoms with Crippen molar-refractivity contribution in [2.24, 2.45) is 0 Å². The number of aromatic nitrogens is 2. The first-order valence-corrected chi connectivity index (χ1v) is 7.50. The van der Waals surface area contributed by atoms with Crippen molar-refractivity contribution in [1.82, 2.24) is 14.7 Å². The fourth-order valence-electron chi connectivity index (χ4n) is 2.11. The van der Waals surface area contributed by atoms with Gasteiger partial charge in [0.05, 0.1) is 12.2 Å². The van der Waals surface area contributed by atoms with Gasteiger partial charge in [0.2, 0.25) is 0 Å². The van der Waals surface area contributed by atoms with E-state index in [1.54, 1.807) is 27.1 Å². The summed E-state index contributed by atoms with van der Waals surface area (Å²) in [5.74, 6) is 0.0235. The number of amides is 1. The van der Waals surface area contributed by atoms with Crippen LogP contribution in [-0.4, -0.2) is 27.6 Å². The summed E-state index contributed by atoms with van der Waals surface area (Å²) in [6.07, 6.45) is 3.60. The zero-order valence-corrected chi connectivity index (χ0v) is 12.5. The lowest BCUT2D eigenvalue weighted by Gasteiger charge is -2.16. The molecule has 0 spiro atoms. The van der Waals surface area contributed by atoms with Gasteiger partial charge in [-0.05, 0) is 41.8 Å². The van der Waals surface area contributed by atoms with Crippen LogP contribution in [0, 0.1) is 0 Å². The molecule has 3 aromatic rings. The van der Waals surface area contributed by atoms with Gasteiger partial charge in [-0.25, -0.2) is 4.68 Å². The highest BCUT2D eigenvalue weighted by atomic mass is 32.1. The second-order valence-electron chi connectivity index (χ2n) is 4.74. The monoisotopic (exact) mass is 297 g/mol. The molecule has 1 amide bonds. The van der Waals surface area contributed by atoms with Gasteiger partial charge < -0.3 is 4.90 Å². The summed E-state index contributed by atoms with van der Waals surface area (Å²) in [6.45, 7) is 0.636. The average molecular weight is 297 g/mol. The van der Waals surface area contributed by atoms with Gasteiger partial charge in [0.25, 0.3) is 5.91 Å². The molecule has 2 aromatic heterocycles. The van der Waals surface area contributed by atoms with Crippen molar-refractivity contribution in [2.75, 3.05) is 7.05 Å². The molecular weight excluding hydrogens is 282 g/mol. The highest BCUT2D eigenvalue weighted by Crippen LogP contribution is 2.14. The molecule has 21 heavy (non-hydrogen) atoms. The SMILES string of the molecule is CN(Cc1cccs1)C(=O)c1ccc(-n2cccn2)cc1. The van der Waals surface area contributed by atoms with Crippen LogP contribution in [0.15, 0.2) is 60.2 Å². The molecule has 0 bridgehead atoms. The second-order valence-corrected chi connectivity index (χ2v) is 5.77. The Hall–Kier alpha value is -2.40. The average Bonchev–Trinajstić information content (AvgIpc) is 3.20. The standard InChI is InChI=1S/C16H15N3OS/c1-18(12-15-4-2-11-21-15)16(20)13-5-7-14(8-6-13)19-10-3-9-17-19/h2-11H,12H2,1H3. The van der Waals surface area contributed by atoms with E-state index >= 15 is 0 Å². The van der Waals surface area contributed by atoms with Crippen molar-refractivity contribution < 1.29 is 4.79 Å². The number of hydrogen-bond donors (Lipinski definition) is 0. The fourth-order valence-corrected chi connectivity index (χ4v) is 2.86. The molecule has 0 fully saturated rings. The molecular formula is C16H15N3OS. The summed E-state index contributed by atoms with van der Waals surface area (Å²) in [5.41, 5.74) is 1.63. The van der Waals surface area contributed by atoms with Crippen molar-refractivity contribution in [3.05, 3.63) is 70.7 Å². The molecule has 0 radical (unpaired) electrons. The van der Waals surface area contributed by atoms with E-state index in [2.05, 4.69) is 5.10 Å². The predicted octanol–water partition coefficient (Wildman–Crippen LogP) is 3.21. The van der Waals surface area contributed by atoms with Gasteiger partial charge in [-0.1, -0.05) is 6.07 Å². The van der Waals surface area contributed by atoms with Crippen LogP contribution >= 0.6 is 11.3 Å². The smallest absolute Gasteiger partial charge is 0.253 e. The Bertz CT molecular complexity index is 703. The zero-order valence-electron chi connectivity index (χ0n) is 11.6. The van der Waals surface area contributed by atoms with E-state index in [9.17, 15) is 4.79 Å². The first kappa shape index (κ1) is 13.6. The van der Waals surface area contributed by atoms with Gasteiger partial charge in [0, 0.05) is 29.9 Å². The lowest BCUT2D eigenvalue weighted by molar-refractivity contribution is 0.0786. The van der Waals surface area contributed by atoms with E-state index in [0.717, 1.165) is 5.69 Å². The maximum Gasteiger partial charge on any atom is 0.253 e. The molecule has 0 saturated heterocycles. The summed E-state index contributed by atoms with van der Waals surface area (Å²) in [5, 5.41) is 6.19. The lowest BCUT2D eigenvalue weighted by Crippen LogP contribution is -2.25. The number of thiophene rings is 1. The van der Waals surface area contributed by atoms with Crippen molar-refractivity contribution in [2.45, 2.75) is 6.54 Å². The molecule has 2 heterocycles. The Kier molecular flexibility index (Phi) is 3.83.